The predicted molar refractivity (Wildman–Crippen MR) is 110 cm³/mol. The lowest BCUT2D eigenvalue weighted by Crippen LogP contribution is -2.62. The molecule has 0 bridgehead atoms. The standard InChI is InChI=1S/C23H29N3O3/c1-16-4-3-5-17(2)19(16)7-6-18-8-11-25(12-9-18)23(28)26-13-10-21-20(14-26)24-22(27)15-29-21/h3-5,18,20-21H,8-15H2,1-2H3,(H,24,27)/t20-,21+/m1/s1. The first-order valence-electron chi connectivity index (χ1n) is 10.5. The second-order valence-corrected chi connectivity index (χ2v) is 8.34. The Balaban J connectivity index is 1.31. The summed E-state index contributed by atoms with van der Waals surface area (Å²) in [4.78, 5) is 28.3. The second kappa shape index (κ2) is 8.46. The number of carbonyl (C=O) groups is 2. The van der Waals surface area contributed by atoms with Crippen molar-refractivity contribution in [3.63, 3.8) is 0 Å². The van der Waals surface area contributed by atoms with E-state index in [0.717, 1.165) is 37.9 Å². The van der Waals surface area contributed by atoms with Crippen LogP contribution in [0.5, 0.6) is 0 Å². The molecule has 0 spiro atoms. The van der Waals surface area contributed by atoms with Gasteiger partial charge < -0.3 is 19.9 Å². The molecule has 0 saturated carbocycles. The summed E-state index contributed by atoms with van der Waals surface area (Å²) in [7, 11) is 0. The molecule has 6 nitrogen and oxygen atoms in total. The lowest BCUT2D eigenvalue weighted by molar-refractivity contribution is -0.139. The van der Waals surface area contributed by atoms with Crippen LogP contribution in [0.25, 0.3) is 0 Å². The molecule has 29 heavy (non-hydrogen) atoms. The highest BCUT2D eigenvalue weighted by Crippen LogP contribution is 2.22. The van der Waals surface area contributed by atoms with E-state index in [1.54, 1.807) is 0 Å². The first-order chi connectivity index (χ1) is 14.0. The van der Waals surface area contributed by atoms with Crippen LogP contribution in [0.3, 0.4) is 0 Å². The van der Waals surface area contributed by atoms with Gasteiger partial charge in [0.05, 0.1) is 12.1 Å². The minimum Gasteiger partial charge on any atom is -0.366 e. The molecule has 0 unspecified atom stereocenters. The molecule has 3 amide bonds. The number of fused-ring (bicyclic) bond motifs is 1. The minimum atomic E-state index is -0.0937. The van der Waals surface area contributed by atoms with Crippen molar-refractivity contribution in [2.24, 2.45) is 5.92 Å². The Morgan fingerprint density at radius 2 is 1.79 bits per heavy atom. The first kappa shape index (κ1) is 19.8. The van der Waals surface area contributed by atoms with Crippen LogP contribution >= 0.6 is 0 Å². The quantitative estimate of drug-likeness (QED) is 0.684. The van der Waals surface area contributed by atoms with Gasteiger partial charge in [0.15, 0.2) is 0 Å². The highest BCUT2D eigenvalue weighted by Gasteiger charge is 2.37. The smallest absolute Gasteiger partial charge is 0.320 e. The maximum Gasteiger partial charge on any atom is 0.320 e. The largest absolute Gasteiger partial charge is 0.366 e. The van der Waals surface area contributed by atoms with E-state index in [9.17, 15) is 9.59 Å². The van der Waals surface area contributed by atoms with E-state index >= 15 is 0 Å². The number of hydrogen-bond donors (Lipinski definition) is 1. The number of morpholine rings is 1. The molecule has 0 radical (unpaired) electrons. The third kappa shape index (κ3) is 4.40. The Morgan fingerprint density at radius 3 is 2.52 bits per heavy atom. The maximum atomic E-state index is 12.9. The van der Waals surface area contributed by atoms with Gasteiger partial charge in [-0.3, -0.25) is 4.79 Å². The molecule has 3 aliphatic heterocycles. The van der Waals surface area contributed by atoms with Gasteiger partial charge in [0.1, 0.15) is 6.61 Å². The average Bonchev–Trinajstić information content (AvgIpc) is 2.73. The van der Waals surface area contributed by atoms with Crippen LogP contribution in [-0.2, 0) is 9.53 Å². The number of ether oxygens (including phenoxy) is 1. The zero-order valence-corrected chi connectivity index (χ0v) is 17.2. The summed E-state index contributed by atoms with van der Waals surface area (Å²) in [5.41, 5.74) is 3.56. The monoisotopic (exact) mass is 395 g/mol. The summed E-state index contributed by atoms with van der Waals surface area (Å²) in [6.07, 6.45) is 2.61. The van der Waals surface area contributed by atoms with Crippen LogP contribution in [0.1, 0.15) is 36.0 Å². The molecule has 4 rings (SSSR count). The number of likely N-dealkylation sites (tertiary alicyclic amines) is 2. The highest BCUT2D eigenvalue weighted by atomic mass is 16.5. The van der Waals surface area contributed by atoms with Crippen LogP contribution < -0.4 is 5.32 Å². The zero-order chi connectivity index (χ0) is 20.4. The Labute approximate surface area is 172 Å². The van der Waals surface area contributed by atoms with Gasteiger partial charge >= 0.3 is 6.03 Å². The van der Waals surface area contributed by atoms with Crippen LogP contribution in [0.4, 0.5) is 4.79 Å². The molecule has 6 heteroatoms. The molecule has 3 saturated heterocycles. The van der Waals surface area contributed by atoms with Crippen molar-refractivity contribution in [1.82, 2.24) is 15.1 Å². The normalized spacial score (nSPS) is 25.0. The zero-order valence-electron chi connectivity index (χ0n) is 17.2. The average molecular weight is 396 g/mol. The van der Waals surface area contributed by atoms with Gasteiger partial charge in [0.25, 0.3) is 0 Å². The number of nitrogens with one attached hydrogen (secondary N) is 1. The highest BCUT2D eigenvalue weighted by molar-refractivity contribution is 5.79. The third-order valence-electron chi connectivity index (χ3n) is 6.24. The molecule has 1 N–H and O–H groups in total. The van der Waals surface area contributed by atoms with E-state index in [-0.39, 0.29) is 30.7 Å². The SMILES string of the molecule is Cc1cccc(C)c1C#CC1CCN(C(=O)N2CC[C@@H]3OCC(=O)N[C@@H]3C2)CC1. The van der Waals surface area contributed by atoms with E-state index < -0.39 is 0 Å². The van der Waals surface area contributed by atoms with E-state index in [1.165, 1.54) is 11.1 Å². The number of nitrogens with zero attached hydrogens (tertiary/aromatic N) is 2. The number of benzene rings is 1. The van der Waals surface area contributed by atoms with Crippen molar-refractivity contribution >= 4 is 11.9 Å². The fraction of sp³-hybridized carbons (Fsp3) is 0.565. The Bertz CT molecular complexity index is 828. The number of carbonyl (C=O) groups excluding carboxylic acids is 2. The van der Waals surface area contributed by atoms with E-state index in [0.29, 0.717) is 19.0 Å². The molecular weight excluding hydrogens is 366 g/mol. The van der Waals surface area contributed by atoms with E-state index in [1.807, 2.05) is 9.80 Å². The number of aryl methyl sites for hydroxylation is 2. The summed E-state index contributed by atoms with van der Waals surface area (Å²) < 4.78 is 5.58. The number of hydrogen-bond acceptors (Lipinski definition) is 3. The summed E-state index contributed by atoms with van der Waals surface area (Å²) >= 11 is 0. The number of amides is 3. The van der Waals surface area contributed by atoms with Gasteiger partial charge in [-0.05, 0) is 44.2 Å². The fourth-order valence-corrected chi connectivity index (χ4v) is 4.47. The van der Waals surface area contributed by atoms with Gasteiger partial charge in [-0.25, -0.2) is 4.79 Å². The van der Waals surface area contributed by atoms with Crippen molar-refractivity contribution in [2.45, 2.75) is 45.3 Å². The van der Waals surface area contributed by atoms with Crippen molar-refractivity contribution < 1.29 is 14.3 Å². The lowest BCUT2D eigenvalue weighted by atomic mass is 9.95. The Kier molecular flexibility index (Phi) is 5.77. The first-order valence-corrected chi connectivity index (χ1v) is 10.5. The van der Waals surface area contributed by atoms with Gasteiger partial charge in [0, 0.05) is 37.7 Å². The molecule has 3 fully saturated rings. The van der Waals surface area contributed by atoms with Crippen LogP contribution in [0, 0.1) is 31.6 Å². The summed E-state index contributed by atoms with van der Waals surface area (Å²) in [5, 5.41) is 2.96. The molecule has 154 valence electrons. The van der Waals surface area contributed by atoms with Gasteiger partial charge in [0.2, 0.25) is 5.91 Å². The molecule has 1 aromatic carbocycles. The maximum absolute atomic E-state index is 12.9. The molecule has 0 aromatic heterocycles. The number of urea groups is 1. The number of rotatable bonds is 0. The number of piperidine rings is 2. The van der Waals surface area contributed by atoms with Crippen molar-refractivity contribution in [3.05, 3.63) is 34.9 Å². The van der Waals surface area contributed by atoms with Crippen LogP contribution in [0.15, 0.2) is 18.2 Å². The fourth-order valence-electron chi connectivity index (χ4n) is 4.47. The summed E-state index contributed by atoms with van der Waals surface area (Å²) in [5.74, 6) is 7.05. The summed E-state index contributed by atoms with van der Waals surface area (Å²) in [6, 6.07) is 6.25. The minimum absolute atomic E-state index is 0.0302. The van der Waals surface area contributed by atoms with Crippen molar-refractivity contribution in [1.29, 1.82) is 0 Å². The van der Waals surface area contributed by atoms with E-state index in [2.05, 4.69) is 49.2 Å². The lowest BCUT2D eigenvalue weighted by Gasteiger charge is -2.43. The molecule has 0 aliphatic carbocycles. The van der Waals surface area contributed by atoms with Gasteiger partial charge in [-0.1, -0.05) is 30.0 Å². The van der Waals surface area contributed by atoms with Crippen LogP contribution in [-0.4, -0.2) is 66.7 Å². The summed E-state index contributed by atoms with van der Waals surface area (Å²) in [6.45, 7) is 7.01. The van der Waals surface area contributed by atoms with E-state index in [4.69, 9.17) is 4.74 Å². The van der Waals surface area contributed by atoms with Crippen molar-refractivity contribution in [2.75, 3.05) is 32.8 Å². The molecule has 1 aromatic rings. The van der Waals surface area contributed by atoms with Crippen molar-refractivity contribution in [3.8, 4) is 11.8 Å². The van der Waals surface area contributed by atoms with Crippen LogP contribution in [0.2, 0.25) is 0 Å². The topological polar surface area (TPSA) is 61.9 Å². The van der Waals surface area contributed by atoms with Gasteiger partial charge in [-0.2, -0.15) is 0 Å². The molecule has 3 heterocycles. The Morgan fingerprint density at radius 1 is 1.10 bits per heavy atom. The molecular formula is C23H29N3O3. The second-order valence-electron chi connectivity index (χ2n) is 8.34. The predicted octanol–water partition coefficient (Wildman–Crippen LogP) is 2.08. The third-order valence-corrected chi connectivity index (χ3v) is 6.24. The Hall–Kier alpha value is -2.52. The van der Waals surface area contributed by atoms with Gasteiger partial charge in [-0.15, -0.1) is 0 Å². The molecule has 2 atom stereocenters. The molecule has 3 aliphatic rings.